The highest BCUT2D eigenvalue weighted by molar-refractivity contribution is 7.82. The van der Waals surface area contributed by atoms with Gasteiger partial charge >= 0.3 is 0 Å². The predicted octanol–water partition coefficient (Wildman–Crippen LogP) is 3.85. The summed E-state index contributed by atoms with van der Waals surface area (Å²) in [6.45, 7) is 5.37. The van der Waals surface area contributed by atoms with Gasteiger partial charge in [-0.25, -0.2) is 8.78 Å². The zero-order valence-electron chi connectivity index (χ0n) is 10.5. The summed E-state index contributed by atoms with van der Waals surface area (Å²) in [6, 6.07) is 0. The molecule has 0 N–H and O–H groups in total. The molecule has 0 saturated carbocycles. The van der Waals surface area contributed by atoms with Crippen LogP contribution in [-0.2, 0) is 12.6 Å². The minimum absolute atomic E-state index is 0.404. The van der Waals surface area contributed by atoms with E-state index in [0.717, 1.165) is 0 Å². The Balaban J connectivity index is 3.69. The summed E-state index contributed by atoms with van der Waals surface area (Å²) in [4.78, 5) is -1.00. The highest BCUT2D eigenvalue weighted by Crippen LogP contribution is 2.57. The summed E-state index contributed by atoms with van der Waals surface area (Å²) in [7, 11) is -2.22. The zero-order chi connectivity index (χ0) is 14.1. The molecule has 1 aromatic carbocycles. The number of hydrogen-bond acceptors (Lipinski definition) is 1. The monoisotopic (exact) mass is 298 g/mol. The van der Waals surface area contributed by atoms with Gasteiger partial charge in [-0.3, -0.25) is 0 Å². The van der Waals surface area contributed by atoms with Crippen molar-refractivity contribution in [3.8, 4) is 0 Å². The third-order valence-electron chi connectivity index (χ3n) is 3.49. The predicted molar refractivity (Wildman–Crippen MR) is 70.1 cm³/mol. The zero-order valence-corrected chi connectivity index (χ0v) is 12.2. The first-order chi connectivity index (χ1) is 8.36. The summed E-state index contributed by atoms with van der Waals surface area (Å²) < 4.78 is 54.9. The smallest absolute Gasteiger partial charge is 0.202 e. The van der Waals surface area contributed by atoms with Crippen molar-refractivity contribution in [1.82, 2.24) is 0 Å². The van der Waals surface area contributed by atoms with Crippen LogP contribution in [0, 0.1) is 23.3 Å². The van der Waals surface area contributed by atoms with Gasteiger partial charge in [-0.15, -0.1) is 0 Å². The van der Waals surface area contributed by atoms with Crippen LogP contribution in [0.3, 0.4) is 0 Å². The number of rotatable bonds is 4. The van der Waals surface area contributed by atoms with E-state index in [1.54, 1.807) is 20.8 Å². The molecule has 0 bridgehead atoms. The van der Waals surface area contributed by atoms with Crippen molar-refractivity contribution in [2.45, 2.75) is 25.7 Å². The fourth-order valence-corrected chi connectivity index (χ4v) is 5.66. The van der Waals surface area contributed by atoms with Gasteiger partial charge in [-0.2, -0.15) is 8.78 Å². The molecule has 0 unspecified atom stereocenters. The highest BCUT2D eigenvalue weighted by Gasteiger charge is 2.42. The standard InChI is InChI=1S/C12H15F4PS/c1-4-17(5-2,6-3)11-7(13)9(15)12(18)10(16)8(11)14/h4-6H2,1-3H3. The van der Waals surface area contributed by atoms with E-state index in [1.165, 1.54) is 0 Å². The molecule has 0 amide bonds. The first kappa shape index (κ1) is 15.6. The van der Waals surface area contributed by atoms with Gasteiger partial charge in [0.2, 0.25) is 11.6 Å². The maximum absolute atomic E-state index is 13.9. The van der Waals surface area contributed by atoms with E-state index in [4.69, 9.17) is 0 Å². The molecule has 0 aromatic heterocycles. The van der Waals surface area contributed by atoms with Crippen LogP contribution in [0.25, 0.3) is 0 Å². The van der Waals surface area contributed by atoms with Crippen LogP contribution in [0.2, 0.25) is 0 Å². The molecule has 0 aliphatic carbocycles. The van der Waals surface area contributed by atoms with Gasteiger partial charge < -0.3 is 12.6 Å². The maximum atomic E-state index is 13.9. The molecule has 18 heavy (non-hydrogen) atoms. The van der Waals surface area contributed by atoms with Crippen LogP contribution < -0.4 is 5.30 Å². The molecule has 0 aliphatic rings. The van der Waals surface area contributed by atoms with Crippen molar-refractivity contribution < 1.29 is 17.6 Å². The van der Waals surface area contributed by atoms with Gasteiger partial charge in [0.1, 0.15) is 11.6 Å². The molecule has 0 aliphatic heterocycles. The van der Waals surface area contributed by atoms with Crippen LogP contribution in [0.4, 0.5) is 17.6 Å². The van der Waals surface area contributed by atoms with E-state index in [1.807, 2.05) is 0 Å². The Hall–Kier alpha value is -0.410. The Kier molecular flexibility index (Phi) is 4.96. The third kappa shape index (κ3) is 2.23. The lowest BCUT2D eigenvalue weighted by Crippen LogP contribution is -2.27. The van der Waals surface area contributed by atoms with Gasteiger partial charge in [0.15, 0.2) is 5.30 Å². The molecule has 6 heteroatoms. The Morgan fingerprint density at radius 1 is 0.778 bits per heavy atom. The van der Waals surface area contributed by atoms with Crippen LogP contribution in [0.5, 0.6) is 0 Å². The second kappa shape index (κ2) is 5.70. The van der Waals surface area contributed by atoms with E-state index < -0.39 is 40.7 Å². The number of hydrogen-bond donors (Lipinski definition) is 0. The molecule has 0 nitrogen and oxygen atoms in total. The molecule has 0 saturated heterocycles. The molecule has 0 atom stereocenters. The third-order valence-corrected chi connectivity index (χ3v) is 8.82. The van der Waals surface area contributed by atoms with E-state index in [2.05, 4.69) is 12.6 Å². The fraction of sp³-hybridized carbons (Fsp3) is 0.500. The molecule has 0 radical (unpaired) electrons. The van der Waals surface area contributed by atoms with Crippen molar-refractivity contribution in [2.24, 2.45) is 0 Å². The van der Waals surface area contributed by atoms with Gasteiger partial charge in [0, 0.05) is 0 Å². The second-order valence-corrected chi connectivity index (χ2v) is 9.07. The molecular weight excluding hydrogens is 283 g/mol. The summed E-state index contributed by atoms with van der Waals surface area (Å²) >= 11 is 4.34. The summed E-state index contributed by atoms with van der Waals surface area (Å²) in [5, 5.41) is -0.404. The molecule has 1 aromatic rings. The van der Waals surface area contributed by atoms with E-state index >= 15 is 0 Å². The molecule has 0 heterocycles. The minimum Gasteiger partial charge on any atom is -0.774 e. The first-order valence-electron chi connectivity index (χ1n) is 5.75. The van der Waals surface area contributed by atoms with Crippen LogP contribution in [0.1, 0.15) is 20.8 Å². The largest absolute Gasteiger partial charge is 0.774 e. The van der Waals surface area contributed by atoms with Crippen LogP contribution >= 0.6 is 7.26 Å². The van der Waals surface area contributed by atoms with Crippen molar-refractivity contribution in [2.75, 3.05) is 18.5 Å². The first-order valence-corrected chi connectivity index (χ1v) is 8.51. The SMILES string of the molecule is CC[P+](CC)(CC)c1c(F)c(F)c([S-])c(F)c1F. The Morgan fingerprint density at radius 2 is 1.11 bits per heavy atom. The Morgan fingerprint density at radius 3 is 1.39 bits per heavy atom. The number of halogens is 4. The fourth-order valence-electron chi connectivity index (χ4n) is 2.16. The van der Waals surface area contributed by atoms with Gasteiger partial charge in [0.05, 0.1) is 25.7 Å². The van der Waals surface area contributed by atoms with E-state index in [-0.39, 0.29) is 0 Å². The minimum atomic E-state index is -2.22. The molecule has 1 rings (SSSR count). The van der Waals surface area contributed by atoms with Crippen LogP contribution in [0.15, 0.2) is 4.90 Å². The summed E-state index contributed by atoms with van der Waals surface area (Å²) in [6.07, 6.45) is 1.51. The summed E-state index contributed by atoms with van der Waals surface area (Å²) in [5.74, 6) is -5.51. The van der Waals surface area contributed by atoms with E-state index in [9.17, 15) is 17.6 Å². The topological polar surface area (TPSA) is 0 Å². The maximum Gasteiger partial charge on any atom is 0.202 e. The lowest BCUT2D eigenvalue weighted by atomic mass is 10.3. The average Bonchev–Trinajstić information content (AvgIpc) is 2.39. The lowest BCUT2D eigenvalue weighted by Gasteiger charge is -2.26. The second-order valence-electron chi connectivity index (χ2n) is 4.03. The van der Waals surface area contributed by atoms with Crippen LogP contribution in [-0.4, -0.2) is 18.5 Å². The number of benzene rings is 1. The summed E-state index contributed by atoms with van der Waals surface area (Å²) in [5.41, 5.74) is 0. The molecule has 0 spiro atoms. The van der Waals surface area contributed by atoms with Gasteiger partial charge in [-0.05, 0) is 20.8 Å². The van der Waals surface area contributed by atoms with E-state index in [0.29, 0.717) is 18.5 Å². The molecular formula is C12H15F4PS. The van der Waals surface area contributed by atoms with Gasteiger partial charge in [0.25, 0.3) is 0 Å². The van der Waals surface area contributed by atoms with Gasteiger partial charge in [-0.1, -0.05) is 4.90 Å². The van der Waals surface area contributed by atoms with Crippen molar-refractivity contribution in [3.05, 3.63) is 23.3 Å². The van der Waals surface area contributed by atoms with Crippen molar-refractivity contribution >= 4 is 25.2 Å². The lowest BCUT2D eigenvalue weighted by molar-refractivity contribution is 0.434. The van der Waals surface area contributed by atoms with Crippen molar-refractivity contribution in [1.29, 1.82) is 0 Å². The quantitative estimate of drug-likeness (QED) is 0.352. The Bertz CT molecular complexity index is 421. The molecule has 0 fully saturated rings. The van der Waals surface area contributed by atoms with Crippen molar-refractivity contribution in [3.63, 3.8) is 0 Å². The Labute approximate surface area is 111 Å². The normalized spacial score (nSPS) is 11.9. The molecule has 102 valence electrons. The highest BCUT2D eigenvalue weighted by atomic mass is 32.1. The average molecular weight is 298 g/mol.